The van der Waals surface area contributed by atoms with Crippen LogP contribution in [0, 0.1) is 18.6 Å². The van der Waals surface area contributed by atoms with Gasteiger partial charge in [-0.25, -0.2) is 13.6 Å². The van der Waals surface area contributed by atoms with Crippen LogP contribution in [0.3, 0.4) is 0 Å². The number of amides is 2. The summed E-state index contributed by atoms with van der Waals surface area (Å²) in [6, 6.07) is 8.15. The van der Waals surface area contributed by atoms with Crippen LogP contribution < -0.4 is 15.0 Å². The molecule has 1 atom stereocenters. The van der Waals surface area contributed by atoms with Gasteiger partial charge in [0.1, 0.15) is 23.5 Å². The first-order valence-electron chi connectivity index (χ1n) is 7.79. The van der Waals surface area contributed by atoms with Gasteiger partial charge in [0, 0.05) is 6.07 Å². The second-order valence-corrected chi connectivity index (χ2v) is 5.78. The molecule has 126 valence electrons. The third-order valence-electron chi connectivity index (χ3n) is 3.96. The van der Waals surface area contributed by atoms with Crippen molar-refractivity contribution in [1.29, 1.82) is 0 Å². The van der Waals surface area contributed by atoms with E-state index in [0.717, 1.165) is 24.1 Å². The van der Waals surface area contributed by atoms with E-state index in [0.29, 0.717) is 18.0 Å². The van der Waals surface area contributed by atoms with Gasteiger partial charge in [-0.1, -0.05) is 13.0 Å². The van der Waals surface area contributed by atoms with Crippen molar-refractivity contribution in [3.63, 3.8) is 0 Å². The molecule has 1 aliphatic rings. The fourth-order valence-corrected chi connectivity index (χ4v) is 2.64. The molecule has 1 heterocycles. The quantitative estimate of drug-likeness (QED) is 0.881. The van der Waals surface area contributed by atoms with Gasteiger partial charge in [-0.05, 0) is 43.2 Å². The Kier molecular flexibility index (Phi) is 4.38. The number of rotatable bonds is 2. The third-order valence-corrected chi connectivity index (χ3v) is 3.96. The Bertz CT molecular complexity index is 780. The highest BCUT2D eigenvalue weighted by atomic mass is 19.1. The highest BCUT2D eigenvalue weighted by Crippen LogP contribution is 2.35. The second-order valence-electron chi connectivity index (χ2n) is 5.78. The van der Waals surface area contributed by atoms with E-state index >= 15 is 0 Å². The van der Waals surface area contributed by atoms with Crippen LogP contribution in [0.2, 0.25) is 0 Å². The summed E-state index contributed by atoms with van der Waals surface area (Å²) in [7, 11) is 0. The van der Waals surface area contributed by atoms with Crippen molar-refractivity contribution in [3.05, 3.63) is 53.6 Å². The molecular weight excluding hydrogens is 314 g/mol. The van der Waals surface area contributed by atoms with Crippen molar-refractivity contribution in [1.82, 2.24) is 0 Å². The van der Waals surface area contributed by atoms with Crippen molar-refractivity contribution in [3.8, 4) is 5.75 Å². The molecule has 6 heteroatoms. The molecule has 0 bridgehead atoms. The summed E-state index contributed by atoms with van der Waals surface area (Å²) in [5.74, 6) is -0.884. The summed E-state index contributed by atoms with van der Waals surface area (Å²) < 4.78 is 32.6. The van der Waals surface area contributed by atoms with Gasteiger partial charge < -0.3 is 10.1 Å². The monoisotopic (exact) mass is 332 g/mol. The Balaban J connectivity index is 1.90. The number of carbonyl (C=O) groups is 1. The number of benzene rings is 2. The standard InChI is InChI=1S/C18H18F2N2O2/c1-3-13-10-22(16-8-11(2)4-7-17(16)24-13)18(23)21-15-6-5-12(19)9-14(15)20/h4-9,13H,3,10H2,1-2H3,(H,21,23)/t13-/m1/s1. The van der Waals surface area contributed by atoms with Crippen LogP contribution >= 0.6 is 0 Å². The first kappa shape index (κ1) is 16.2. The lowest BCUT2D eigenvalue weighted by atomic mass is 10.1. The molecule has 1 aliphatic heterocycles. The lowest BCUT2D eigenvalue weighted by molar-refractivity contribution is 0.188. The van der Waals surface area contributed by atoms with Crippen LogP contribution in [0.4, 0.5) is 25.0 Å². The minimum atomic E-state index is -0.812. The van der Waals surface area contributed by atoms with Gasteiger partial charge in [-0.15, -0.1) is 0 Å². The van der Waals surface area contributed by atoms with Gasteiger partial charge >= 0.3 is 6.03 Å². The average molecular weight is 332 g/mol. The number of urea groups is 1. The molecule has 1 N–H and O–H groups in total. The Morgan fingerprint density at radius 1 is 1.29 bits per heavy atom. The predicted molar refractivity (Wildman–Crippen MR) is 88.6 cm³/mol. The highest BCUT2D eigenvalue weighted by Gasteiger charge is 2.29. The average Bonchev–Trinajstić information content (AvgIpc) is 2.56. The Labute approximate surface area is 139 Å². The number of aryl methyl sites for hydroxylation is 1. The SMILES string of the molecule is CC[C@@H]1CN(C(=O)Nc2ccc(F)cc2F)c2cc(C)ccc2O1. The van der Waals surface area contributed by atoms with Crippen molar-refractivity contribution < 1.29 is 18.3 Å². The van der Waals surface area contributed by atoms with Gasteiger partial charge in [0.25, 0.3) is 0 Å². The Morgan fingerprint density at radius 3 is 2.79 bits per heavy atom. The minimum Gasteiger partial charge on any atom is -0.486 e. The molecule has 24 heavy (non-hydrogen) atoms. The molecular formula is C18H18F2N2O2. The van der Waals surface area contributed by atoms with E-state index in [-0.39, 0.29) is 11.8 Å². The van der Waals surface area contributed by atoms with E-state index in [4.69, 9.17) is 4.74 Å². The smallest absolute Gasteiger partial charge is 0.326 e. The van der Waals surface area contributed by atoms with Gasteiger partial charge in [-0.3, -0.25) is 4.90 Å². The number of anilines is 2. The predicted octanol–water partition coefficient (Wildman–Crippen LogP) is 4.48. The van der Waals surface area contributed by atoms with E-state index in [1.165, 1.54) is 11.0 Å². The maximum absolute atomic E-state index is 13.8. The molecule has 0 saturated carbocycles. The largest absolute Gasteiger partial charge is 0.486 e. The molecule has 2 amide bonds. The highest BCUT2D eigenvalue weighted by molar-refractivity contribution is 6.03. The topological polar surface area (TPSA) is 41.6 Å². The number of carbonyl (C=O) groups excluding carboxylic acids is 1. The number of hydrogen-bond donors (Lipinski definition) is 1. The van der Waals surface area contributed by atoms with Crippen LogP contribution in [0.25, 0.3) is 0 Å². The number of hydrogen-bond acceptors (Lipinski definition) is 2. The zero-order chi connectivity index (χ0) is 17.3. The van der Waals surface area contributed by atoms with Gasteiger partial charge in [0.2, 0.25) is 0 Å². The molecule has 0 aromatic heterocycles. The molecule has 0 fully saturated rings. The summed E-state index contributed by atoms with van der Waals surface area (Å²) in [6.45, 7) is 4.25. The third kappa shape index (κ3) is 3.18. The summed E-state index contributed by atoms with van der Waals surface area (Å²) in [5.41, 5.74) is 1.56. The summed E-state index contributed by atoms with van der Waals surface area (Å²) in [4.78, 5) is 14.2. The van der Waals surface area contributed by atoms with E-state index in [1.54, 1.807) is 0 Å². The number of ether oxygens (including phenoxy) is 1. The molecule has 0 unspecified atom stereocenters. The molecule has 4 nitrogen and oxygen atoms in total. The zero-order valence-corrected chi connectivity index (χ0v) is 13.5. The lowest BCUT2D eigenvalue weighted by Gasteiger charge is -2.34. The first-order valence-corrected chi connectivity index (χ1v) is 7.79. The molecule has 3 rings (SSSR count). The lowest BCUT2D eigenvalue weighted by Crippen LogP contribution is -2.45. The summed E-state index contributed by atoms with van der Waals surface area (Å²) in [5, 5.41) is 2.50. The first-order chi connectivity index (χ1) is 11.5. The molecule has 2 aromatic rings. The molecule has 0 saturated heterocycles. The maximum Gasteiger partial charge on any atom is 0.326 e. The van der Waals surface area contributed by atoms with Gasteiger partial charge in [0.05, 0.1) is 17.9 Å². The number of halogens is 2. The summed E-state index contributed by atoms with van der Waals surface area (Å²) in [6.07, 6.45) is 0.603. The maximum atomic E-state index is 13.8. The molecule has 0 radical (unpaired) electrons. The van der Waals surface area contributed by atoms with Crippen LogP contribution in [-0.2, 0) is 0 Å². The molecule has 0 aliphatic carbocycles. The molecule has 0 spiro atoms. The van der Waals surface area contributed by atoms with E-state index in [9.17, 15) is 13.6 Å². The van der Waals surface area contributed by atoms with Crippen molar-refractivity contribution in [2.45, 2.75) is 26.4 Å². The Morgan fingerprint density at radius 2 is 2.08 bits per heavy atom. The summed E-state index contributed by atoms with van der Waals surface area (Å²) >= 11 is 0. The van der Waals surface area contributed by atoms with Crippen LogP contribution in [0.5, 0.6) is 5.75 Å². The van der Waals surface area contributed by atoms with Crippen molar-refractivity contribution in [2.24, 2.45) is 0 Å². The zero-order valence-electron chi connectivity index (χ0n) is 13.5. The van der Waals surface area contributed by atoms with Crippen molar-refractivity contribution >= 4 is 17.4 Å². The number of nitrogens with zero attached hydrogens (tertiary/aromatic N) is 1. The van der Waals surface area contributed by atoms with E-state index in [1.807, 2.05) is 32.0 Å². The van der Waals surface area contributed by atoms with Gasteiger partial charge in [-0.2, -0.15) is 0 Å². The number of fused-ring (bicyclic) bond motifs is 1. The van der Waals surface area contributed by atoms with Crippen LogP contribution in [0.1, 0.15) is 18.9 Å². The van der Waals surface area contributed by atoms with Crippen molar-refractivity contribution in [2.75, 3.05) is 16.8 Å². The molecule has 2 aromatic carbocycles. The van der Waals surface area contributed by atoms with Gasteiger partial charge in [0.15, 0.2) is 0 Å². The fourth-order valence-electron chi connectivity index (χ4n) is 2.64. The normalized spacial score (nSPS) is 16.3. The van der Waals surface area contributed by atoms with Crippen LogP contribution in [-0.4, -0.2) is 18.7 Å². The van der Waals surface area contributed by atoms with E-state index in [2.05, 4.69) is 5.32 Å². The number of nitrogens with one attached hydrogen (secondary N) is 1. The second kappa shape index (κ2) is 6.47. The van der Waals surface area contributed by atoms with Crippen LogP contribution in [0.15, 0.2) is 36.4 Å². The fraction of sp³-hybridized carbons (Fsp3) is 0.278. The minimum absolute atomic E-state index is 0.0601. The Hall–Kier alpha value is -2.63. The van der Waals surface area contributed by atoms with E-state index < -0.39 is 17.7 Å².